The van der Waals surface area contributed by atoms with Crippen LogP contribution in [0.5, 0.6) is 46.0 Å². The summed E-state index contributed by atoms with van der Waals surface area (Å²) in [6.07, 6.45) is 9.92. The van der Waals surface area contributed by atoms with E-state index in [1.54, 1.807) is 0 Å². The smallest absolute Gasteiger partial charge is 0.266 e. The number of hydrogen-bond acceptors (Lipinski definition) is 8. The van der Waals surface area contributed by atoms with Gasteiger partial charge < -0.3 is 18.9 Å². The van der Waals surface area contributed by atoms with Gasteiger partial charge in [-0.3, -0.25) is 19.2 Å². The summed E-state index contributed by atoms with van der Waals surface area (Å²) in [7, 11) is 0. The number of benzene rings is 20. The van der Waals surface area contributed by atoms with E-state index in [1.807, 2.05) is 79.7 Å². The standard InChI is InChI=1S/C137H118N2O8/c1-24-74-53-100(70(4)5)128(101(54-74)71(6)7)138-130(140)108-65-112(144-88-37-29-84(30-38-88)134(12,13)14)122-96-49-45-92-104-61-80-55-75-25-27-77-57-82-63-106-94-47-51-98-119-99(52-48-95(117(94)119)107(106)64-83(82)58-78(77)28-26-76(75)56-81(80)62-105(104)93-46-50-97(118(96)116(92)93)123-113(66-109(131(138)141)120(108)126(122)123)145-89-39-31-85(32-40-89)135(15,16)17)125-115(147-91-43-35-87(36-44-91)137(21,22)23)68-111-121-110(67-114(124(98)127(121)125)146-90-41-33-86(34-42-90)136(18,19)20)132(142)139(133(111)143)129-102(72(8)9)59-79(69(2)3)60-103(129)73(10)11/h25-68,70-73H,2,24H2,1,3-23H3/b27-25-,28-26-,75-25?,76-26?,77-27?,78-28?. The zero-order valence-corrected chi connectivity index (χ0v) is 87.8. The Kier molecular flexibility index (Phi) is 20.5. The van der Waals surface area contributed by atoms with Crippen molar-refractivity contribution in [2.24, 2.45) is 0 Å². The molecule has 0 saturated heterocycles. The summed E-state index contributed by atoms with van der Waals surface area (Å²) in [6, 6.07) is 86.5. The average molecular weight is 1920 g/mol. The number of nitrogens with zero attached hydrogens (tertiary/aromatic N) is 2. The van der Waals surface area contributed by atoms with Crippen LogP contribution in [-0.2, 0) is 28.1 Å². The third-order valence-electron chi connectivity index (χ3n) is 32.2. The second-order valence-electron chi connectivity index (χ2n) is 47.2. The average Bonchev–Trinajstić information content (AvgIpc) is 1.67. The van der Waals surface area contributed by atoms with Crippen LogP contribution in [0.3, 0.4) is 0 Å². The Hall–Kier alpha value is -15.8. The van der Waals surface area contributed by atoms with E-state index in [0.29, 0.717) is 90.4 Å². The quantitative estimate of drug-likeness (QED) is 0.0534. The van der Waals surface area contributed by atoms with Gasteiger partial charge in [0.2, 0.25) is 0 Å². The highest BCUT2D eigenvalue weighted by Gasteiger charge is 2.45. The minimum Gasteiger partial charge on any atom is -0.457 e. The number of amides is 4. The first-order valence-corrected chi connectivity index (χ1v) is 52.2. The van der Waals surface area contributed by atoms with Crippen LogP contribution in [0.2, 0.25) is 0 Å². The first kappa shape index (κ1) is 92.4. The third-order valence-corrected chi connectivity index (χ3v) is 32.2. The summed E-state index contributed by atoms with van der Waals surface area (Å²) >= 11 is 0. The van der Waals surface area contributed by atoms with Crippen LogP contribution in [0.15, 0.2) is 249 Å². The predicted molar refractivity (Wildman–Crippen MR) is 614 cm³/mol. The van der Waals surface area contributed by atoms with Crippen molar-refractivity contribution in [2.75, 3.05) is 9.80 Å². The second kappa shape index (κ2) is 32.6. The van der Waals surface area contributed by atoms with Crippen LogP contribution in [-0.4, -0.2) is 23.6 Å². The Morgan fingerprint density at radius 2 is 0.497 bits per heavy atom. The second-order valence-corrected chi connectivity index (χ2v) is 47.2. The molecule has 10 nitrogen and oxygen atoms in total. The Morgan fingerprint density at radius 1 is 0.265 bits per heavy atom. The summed E-state index contributed by atoms with van der Waals surface area (Å²) in [4.78, 5) is 68.7. The van der Waals surface area contributed by atoms with Crippen molar-refractivity contribution in [1.82, 2.24) is 0 Å². The molecule has 10 heteroatoms. The zero-order valence-electron chi connectivity index (χ0n) is 87.8. The highest BCUT2D eigenvalue weighted by Crippen LogP contribution is 2.62. The van der Waals surface area contributed by atoms with Crippen molar-refractivity contribution < 1.29 is 38.1 Å². The number of ether oxygens (including phenoxy) is 4. The Balaban J connectivity index is 0.628. The summed E-state index contributed by atoms with van der Waals surface area (Å²) < 4.78 is 29.6. The van der Waals surface area contributed by atoms with Gasteiger partial charge in [0.1, 0.15) is 46.0 Å². The highest BCUT2D eigenvalue weighted by atomic mass is 16.5. The molecular weight excluding hydrogens is 1800 g/mol. The monoisotopic (exact) mass is 1920 g/mol. The molecule has 5 aliphatic rings. The molecule has 147 heavy (non-hydrogen) atoms. The predicted octanol–water partition coefficient (Wildman–Crippen LogP) is 38.1. The number of carbonyl (C=O) groups is 4. The molecule has 2 heterocycles. The van der Waals surface area contributed by atoms with Gasteiger partial charge in [0.15, 0.2) is 0 Å². The van der Waals surface area contributed by atoms with Gasteiger partial charge in [0, 0.05) is 43.1 Å². The Labute approximate surface area is 858 Å². The molecule has 0 aromatic heterocycles. The first-order valence-electron chi connectivity index (χ1n) is 52.2. The number of allylic oxidation sites excluding steroid dienone is 1. The molecule has 0 spiro atoms. The summed E-state index contributed by atoms with van der Waals surface area (Å²) in [6.45, 7) is 52.1. The van der Waals surface area contributed by atoms with Crippen LogP contribution in [0, 0.1) is 0 Å². The zero-order chi connectivity index (χ0) is 102. The lowest BCUT2D eigenvalue weighted by molar-refractivity contribution is 0.0877. The maximum Gasteiger partial charge on any atom is 0.266 e. The Morgan fingerprint density at radius 3 is 0.714 bits per heavy atom. The van der Waals surface area contributed by atoms with Gasteiger partial charge in [-0.25, -0.2) is 9.80 Å². The van der Waals surface area contributed by atoms with Gasteiger partial charge in [0.25, 0.3) is 23.6 Å². The molecule has 2 aliphatic heterocycles. The van der Waals surface area contributed by atoms with Crippen molar-refractivity contribution in [2.45, 2.75) is 204 Å². The van der Waals surface area contributed by atoms with Crippen molar-refractivity contribution >= 4 is 173 Å². The molecule has 3 aliphatic carbocycles. The number of anilines is 2. The number of carbonyl (C=O) groups excluding carboxylic acids is 4. The Bertz CT molecular complexity index is 8800. The molecule has 25 rings (SSSR count). The van der Waals surface area contributed by atoms with Gasteiger partial charge in [0.05, 0.1) is 33.6 Å². The van der Waals surface area contributed by atoms with E-state index in [0.717, 1.165) is 231 Å². The summed E-state index contributed by atoms with van der Waals surface area (Å²) in [5.41, 5.74) is 26.9. The van der Waals surface area contributed by atoms with E-state index in [2.05, 4.69) is 346 Å². The van der Waals surface area contributed by atoms with Crippen LogP contribution in [0.1, 0.15) is 295 Å². The van der Waals surface area contributed by atoms with Crippen LogP contribution < -0.4 is 28.7 Å². The molecule has 4 amide bonds. The molecular formula is C137H118N2O8. The lowest BCUT2D eigenvalue weighted by Crippen LogP contribution is -2.42. The largest absolute Gasteiger partial charge is 0.457 e. The fourth-order valence-corrected chi connectivity index (χ4v) is 24.4. The number of rotatable bonds is 16. The van der Waals surface area contributed by atoms with E-state index in [9.17, 15) is 0 Å². The topological polar surface area (TPSA) is 112 Å². The molecule has 20 aromatic rings. The molecule has 0 saturated carbocycles. The van der Waals surface area contributed by atoms with E-state index < -0.39 is 23.6 Å². The van der Waals surface area contributed by atoms with Gasteiger partial charge in [-0.15, -0.1) is 0 Å². The van der Waals surface area contributed by atoms with Gasteiger partial charge in [-0.2, -0.15) is 0 Å². The lowest BCUT2D eigenvalue weighted by atomic mass is 9.82. The molecule has 0 fully saturated rings. The first-order chi connectivity index (χ1) is 70.1. The molecule has 0 unspecified atom stereocenters. The fourth-order valence-electron chi connectivity index (χ4n) is 24.4. The highest BCUT2D eigenvalue weighted by molar-refractivity contribution is 6.48. The van der Waals surface area contributed by atoms with Gasteiger partial charge >= 0.3 is 0 Å². The van der Waals surface area contributed by atoms with Crippen molar-refractivity contribution in [1.29, 1.82) is 0 Å². The molecule has 0 radical (unpaired) electrons. The van der Waals surface area contributed by atoms with E-state index in [4.69, 9.17) is 18.9 Å². The maximum absolute atomic E-state index is 16.5. The summed E-state index contributed by atoms with van der Waals surface area (Å²) in [5.74, 6) is 2.64. The molecule has 0 bridgehead atoms. The van der Waals surface area contributed by atoms with Gasteiger partial charge in [-0.05, 0) is 379 Å². The molecule has 0 atom stereocenters. The van der Waals surface area contributed by atoms with Crippen molar-refractivity contribution in [3.8, 4) is 90.5 Å². The van der Waals surface area contributed by atoms with Crippen LogP contribution in [0.25, 0.3) is 182 Å². The SMILES string of the molecule is C=C(C)c1cc(C(C)C)c(N2C(=O)c3cc(Oc4ccc(C(C)(C)C)cc4)c4c5ccc6c7c(ccc(c8c(Oc9ccc(C(C)(C)C)cc9)cc(c3c48)C2=O)c75)-c2cc3cc4c(cc3cc2-6)/C=C\c2cc3cc5c(cc3cc2/C=C\4)-c2ccc3c4c(Oc6ccc(C(C)(C)C)cc6)cc6c7c(cc(Oc8ccc(C(C)(C)C)cc8)c(c8ccc-5c2c83)c74)C(=O)N(c2c(C(C)C)cc(CC)cc2C(C)C)C6=O)c(C(C)C)c1. The number of hydrogen-bond donors (Lipinski definition) is 0. The number of imide groups is 2. The number of aryl methyl sites for hydroxylation is 1. The van der Waals surface area contributed by atoms with Crippen LogP contribution in [0.4, 0.5) is 11.4 Å². The van der Waals surface area contributed by atoms with Crippen LogP contribution >= 0.6 is 0 Å². The van der Waals surface area contributed by atoms with Crippen molar-refractivity contribution in [3.63, 3.8) is 0 Å². The van der Waals surface area contributed by atoms with Crippen molar-refractivity contribution in [3.05, 3.63) is 349 Å². The van der Waals surface area contributed by atoms with E-state index in [1.165, 1.54) is 9.80 Å². The third kappa shape index (κ3) is 14.2. The molecule has 724 valence electrons. The molecule has 0 N–H and O–H groups in total. The fraction of sp³-hybridized carbons (Fsp3) is 0.226. The van der Waals surface area contributed by atoms with Gasteiger partial charge in [-0.1, -0.05) is 291 Å². The lowest BCUT2D eigenvalue weighted by Gasteiger charge is -2.34. The minimum atomic E-state index is -0.421. The maximum atomic E-state index is 16.5. The molecule has 20 aromatic carbocycles. The van der Waals surface area contributed by atoms with E-state index >= 15 is 19.2 Å². The normalized spacial score (nSPS) is 14.4. The minimum absolute atomic E-state index is 0.0149. The number of fused-ring (bicyclic) bond motifs is 14. The summed E-state index contributed by atoms with van der Waals surface area (Å²) in [5, 5.41) is 18.2. The van der Waals surface area contributed by atoms with E-state index in [-0.39, 0.29) is 45.3 Å².